The minimum absolute atomic E-state index is 0.0192. The number of carboxylic acid groups (broad SMARTS) is 1. The van der Waals surface area contributed by atoms with Crippen LogP contribution in [0.5, 0.6) is 0 Å². The largest absolute Gasteiger partial charge is 0.478 e. The number of hydrogen-bond acceptors (Lipinski definition) is 4. The molecule has 0 aromatic heterocycles. The van der Waals surface area contributed by atoms with E-state index in [1.807, 2.05) is 12.1 Å². The van der Waals surface area contributed by atoms with Gasteiger partial charge in [0.05, 0.1) is 17.1 Å². The van der Waals surface area contributed by atoms with E-state index in [0.29, 0.717) is 57.5 Å². The molecule has 6 heteroatoms. The van der Waals surface area contributed by atoms with E-state index in [1.54, 1.807) is 12.1 Å². The average Bonchev–Trinajstić information content (AvgIpc) is 3.42. The molecule has 4 saturated carbocycles. The fourth-order valence-corrected chi connectivity index (χ4v) is 15.1. The summed E-state index contributed by atoms with van der Waals surface area (Å²) >= 11 is 0. The first-order valence-electron chi connectivity index (χ1n) is 19.3. The number of carboxylic acids is 1. The van der Waals surface area contributed by atoms with Crippen LogP contribution in [0.3, 0.4) is 0 Å². The first-order valence-corrected chi connectivity index (χ1v) is 21.2. The van der Waals surface area contributed by atoms with Gasteiger partial charge in [0.2, 0.25) is 0 Å². The Bertz CT molecular complexity index is 1530. The first kappa shape index (κ1) is 35.5. The summed E-state index contributed by atoms with van der Waals surface area (Å²) in [6.07, 6.45) is 19.0. The number of benzene rings is 1. The molecule has 1 heterocycles. The standard InChI is InChI=1S/C43H63NO4S/c1-29(2)32-15-21-43(18-8-24-44-25-27-49(47,48)28-26-44)23-22-41(6)34(37(32)43)13-14-36-40(5)19-16-33(30-9-11-31(12-10-30)38(45)46)39(3,4)35(40)17-20-42(36,41)7/h8-12,16,18,32,34-37,47-48H,1,13-15,17,19-28H2,2-7H3,(H,45,46)/b18-8+/t32-,34+,35-,36+,37+,40-,41+,42+,43+/m0/s1. The lowest BCUT2D eigenvalue weighted by atomic mass is 9.32. The fraction of sp³-hybridized carbons (Fsp3) is 0.698. The zero-order valence-corrected chi connectivity index (χ0v) is 32.0. The molecule has 6 aliphatic rings. The second kappa shape index (κ2) is 12.1. The van der Waals surface area contributed by atoms with Crippen molar-refractivity contribution in [1.29, 1.82) is 0 Å². The quantitative estimate of drug-likeness (QED) is 0.259. The van der Waals surface area contributed by atoms with Gasteiger partial charge in [-0.25, -0.2) is 4.79 Å². The average molecular weight is 690 g/mol. The van der Waals surface area contributed by atoms with Gasteiger partial charge in [0, 0.05) is 19.6 Å². The van der Waals surface area contributed by atoms with Gasteiger partial charge in [-0.3, -0.25) is 14.0 Å². The maximum Gasteiger partial charge on any atom is 0.335 e. The monoisotopic (exact) mass is 689 g/mol. The molecule has 49 heavy (non-hydrogen) atoms. The van der Waals surface area contributed by atoms with Crippen molar-refractivity contribution in [3.8, 4) is 0 Å². The predicted molar refractivity (Wildman–Crippen MR) is 204 cm³/mol. The third-order valence-corrected chi connectivity index (χ3v) is 18.1. The van der Waals surface area contributed by atoms with Crippen molar-refractivity contribution < 1.29 is 19.0 Å². The molecule has 5 aliphatic carbocycles. The zero-order chi connectivity index (χ0) is 35.2. The molecule has 7 rings (SSSR count). The second-order valence-electron chi connectivity index (χ2n) is 18.8. The van der Waals surface area contributed by atoms with E-state index in [-0.39, 0.29) is 16.2 Å². The van der Waals surface area contributed by atoms with Gasteiger partial charge in [0.25, 0.3) is 0 Å². The van der Waals surface area contributed by atoms with Gasteiger partial charge in [-0.2, -0.15) is 10.6 Å². The summed E-state index contributed by atoms with van der Waals surface area (Å²) < 4.78 is 20.2. The lowest BCUT2D eigenvalue weighted by molar-refractivity contribution is -0.221. The van der Waals surface area contributed by atoms with Gasteiger partial charge < -0.3 is 5.11 Å². The number of rotatable bonds is 6. The molecule has 5 nitrogen and oxygen atoms in total. The molecule has 1 aromatic rings. The Morgan fingerprint density at radius 2 is 1.61 bits per heavy atom. The Kier molecular flexibility index (Phi) is 8.78. The van der Waals surface area contributed by atoms with Gasteiger partial charge in [0.15, 0.2) is 0 Å². The number of fused-ring (bicyclic) bond motifs is 7. The SMILES string of the molecule is C=C(C)[C@@H]1CC[C@]2(/C=C/CN3CCS(O)(O)CC3)CC[C@]3(C)[C@H](CC[C@@H]4[C@@]5(C)CC=C(c6ccc(C(=O)O)cc6)C(C)(C)[C@@H]5CC[C@]43C)[C@@H]12. The van der Waals surface area contributed by atoms with Crippen molar-refractivity contribution in [1.82, 2.24) is 4.90 Å². The lowest BCUT2D eigenvalue weighted by Gasteiger charge is -2.72. The normalized spacial score (nSPS) is 43.4. The van der Waals surface area contributed by atoms with E-state index in [9.17, 15) is 19.0 Å². The Morgan fingerprint density at radius 1 is 0.918 bits per heavy atom. The molecule has 0 spiro atoms. The predicted octanol–water partition coefficient (Wildman–Crippen LogP) is 10.7. The maximum atomic E-state index is 11.6. The Hall–Kier alpha value is -1.86. The molecule has 270 valence electrons. The van der Waals surface area contributed by atoms with Crippen LogP contribution in [0.1, 0.15) is 115 Å². The van der Waals surface area contributed by atoms with E-state index < -0.39 is 16.6 Å². The van der Waals surface area contributed by atoms with Gasteiger partial charge >= 0.3 is 5.97 Å². The van der Waals surface area contributed by atoms with Crippen LogP contribution in [0.4, 0.5) is 0 Å². The summed E-state index contributed by atoms with van der Waals surface area (Å²) in [5.74, 6) is 3.39. The number of nitrogens with zero attached hydrogens (tertiary/aromatic N) is 1. The highest BCUT2D eigenvalue weighted by Gasteiger charge is 2.70. The van der Waals surface area contributed by atoms with Crippen molar-refractivity contribution in [2.75, 3.05) is 31.1 Å². The number of aromatic carboxylic acids is 1. The highest BCUT2D eigenvalue weighted by atomic mass is 32.3. The van der Waals surface area contributed by atoms with Crippen LogP contribution in [-0.2, 0) is 0 Å². The topological polar surface area (TPSA) is 81.0 Å². The molecule has 0 radical (unpaired) electrons. The Labute approximate surface area is 298 Å². The Morgan fingerprint density at radius 3 is 2.27 bits per heavy atom. The molecule has 3 N–H and O–H groups in total. The third kappa shape index (κ3) is 5.47. The van der Waals surface area contributed by atoms with E-state index >= 15 is 0 Å². The van der Waals surface area contributed by atoms with E-state index in [2.05, 4.69) is 71.2 Å². The summed E-state index contributed by atoms with van der Waals surface area (Å²) in [5.41, 5.74) is 5.42. The first-order chi connectivity index (χ1) is 23.0. The van der Waals surface area contributed by atoms with Crippen LogP contribution >= 0.6 is 10.6 Å². The Balaban J connectivity index is 1.17. The van der Waals surface area contributed by atoms with Crippen LogP contribution < -0.4 is 0 Å². The summed E-state index contributed by atoms with van der Waals surface area (Å²) in [6.45, 7) is 22.4. The maximum absolute atomic E-state index is 11.6. The number of carbonyl (C=O) groups is 1. The van der Waals surface area contributed by atoms with Crippen LogP contribution in [-0.4, -0.2) is 56.2 Å². The fourth-order valence-electron chi connectivity index (χ4n) is 13.8. The second-order valence-corrected chi connectivity index (χ2v) is 21.2. The van der Waals surface area contributed by atoms with Crippen molar-refractivity contribution in [2.24, 2.45) is 56.7 Å². The van der Waals surface area contributed by atoms with Crippen LogP contribution in [0.15, 0.2) is 54.6 Å². The van der Waals surface area contributed by atoms with Crippen LogP contribution in [0.25, 0.3) is 5.57 Å². The molecular formula is C43H63NO4S. The molecule has 1 saturated heterocycles. The van der Waals surface area contributed by atoms with Gasteiger partial charge in [-0.1, -0.05) is 77.1 Å². The van der Waals surface area contributed by atoms with Crippen LogP contribution in [0.2, 0.25) is 0 Å². The smallest absolute Gasteiger partial charge is 0.335 e. The number of hydrogen-bond donors (Lipinski definition) is 3. The lowest BCUT2D eigenvalue weighted by Crippen LogP contribution is -2.65. The summed E-state index contributed by atoms with van der Waals surface area (Å²) in [4.78, 5) is 14.0. The van der Waals surface area contributed by atoms with Gasteiger partial charge in [-0.15, -0.1) is 0 Å². The van der Waals surface area contributed by atoms with Crippen molar-refractivity contribution in [3.05, 3.63) is 65.8 Å². The zero-order valence-electron chi connectivity index (χ0n) is 31.1. The molecule has 1 aliphatic heterocycles. The molecule has 5 fully saturated rings. The molecular weight excluding hydrogens is 627 g/mol. The minimum atomic E-state index is -2.36. The molecule has 9 atom stereocenters. The molecule has 0 bridgehead atoms. The summed E-state index contributed by atoms with van der Waals surface area (Å²) in [5, 5.41) is 9.48. The van der Waals surface area contributed by atoms with E-state index in [4.69, 9.17) is 0 Å². The number of allylic oxidation sites excluding steroid dienone is 4. The summed E-state index contributed by atoms with van der Waals surface area (Å²) in [6, 6.07) is 7.60. The molecule has 0 amide bonds. The highest BCUT2D eigenvalue weighted by molar-refractivity contribution is 8.24. The molecule has 1 aromatic carbocycles. The third-order valence-electron chi connectivity index (χ3n) is 16.4. The van der Waals surface area contributed by atoms with Crippen molar-refractivity contribution in [3.63, 3.8) is 0 Å². The van der Waals surface area contributed by atoms with E-state index in [1.165, 1.54) is 68.1 Å². The van der Waals surface area contributed by atoms with Crippen LogP contribution in [0, 0.1) is 56.7 Å². The minimum Gasteiger partial charge on any atom is -0.478 e. The van der Waals surface area contributed by atoms with Gasteiger partial charge in [-0.05, 0) is 145 Å². The van der Waals surface area contributed by atoms with Gasteiger partial charge in [0.1, 0.15) is 0 Å². The highest BCUT2D eigenvalue weighted by Crippen LogP contribution is 2.78. The van der Waals surface area contributed by atoms with Crippen molar-refractivity contribution in [2.45, 2.75) is 99.3 Å². The van der Waals surface area contributed by atoms with Crippen molar-refractivity contribution >= 4 is 22.1 Å². The molecule has 0 unspecified atom stereocenters. The summed E-state index contributed by atoms with van der Waals surface area (Å²) in [7, 11) is -2.36. The van der Waals surface area contributed by atoms with E-state index in [0.717, 1.165) is 26.1 Å².